The molecule has 0 saturated carbocycles. The summed E-state index contributed by atoms with van der Waals surface area (Å²) in [5.74, 6) is 6.02. The predicted octanol–water partition coefficient (Wildman–Crippen LogP) is 1.70. The predicted molar refractivity (Wildman–Crippen MR) is 73.6 cm³/mol. The van der Waals surface area contributed by atoms with Gasteiger partial charge in [-0.15, -0.1) is 11.3 Å². The average Bonchev–Trinajstić information content (AvgIpc) is 3.00. The van der Waals surface area contributed by atoms with Crippen LogP contribution in [0.1, 0.15) is 22.6 Å². The standard InChI is InChI=1S/C14H19NO2S/c1-15(12-7-9-17-11-12)10-14-6-5-13(18-14)4-2-3-8-16/h5-6,12,16H,3,7-11H2,1H3. The minimum absolute atomic E-state index is 0.135. The molecule has 1 saturated heterocycles. The van der Waals surface area contributed by atoms with Crippen LogP contribution in [0.5, 0.6) is 0 Å². The van der Waals surface area contributed by atoms with Crippen molar-refractivity contribution in [2.75, 3.05) is 26.9 Å². The van der Waals surface area contributed by atoms with E-state index in [4.69, 9.17) is 9.84 Å². The Morgan fingerprint density at radius 1 is 1.56 bits per heavy atom. The van der Waals surface area contributed by atoms with E-state index < -0.39 is 0 Å². The second-order valence-corrected chi connectivity index (χ2v) is 5.64. The van der Waals surface area contributed by atoms with E-state index in [0.29, 0.717) is 12.5 Å². The number of ether oxygens (including phenoxy) is 1. The Labute approximate surface area is 112 Å². The summed E-state index contributed by atoms with van der Waals surface area (Å²) < 4.78 is 5.40. The zero-order valence-corrected chi connectivity index (χ0v) is 11.5. The van der Waals surface area contributed by atoms with Crippen molar-refractivity contribution in [3.63, 3.8) is 0 Å². The summed E-state index contributed by atoms with van der Waals surface area (Å²) in [5, 5.41) is 8.67. The summed E-state index contributed by atoms with van der Waals surface area (Å²) in [4.78, 5) is 4.76. The van der Waals surface area contributed by atoms with Crippen LogP contribution >= 0.6 is 11.3 Å². The Hall–Kier alpha value is -0.860. The molecule has 98 valence electrons. The number of hydrogen-bond acceptors (Lipinski definition) is 4. The van der Waals surface area contributed by atoms with E-state index in [9.17, 15) is 0 Å². The largest absolute Gasteiger partial charge is 0.395 e. The molecule has 2 heterocycles. The topological polar surface area (TPSA) is 32.7 Å². The quantitative estimate of drug-likeness (QED) is 0.841. The number of rotatable bonds is 4. The Balaban J connectivity index is 1.88. The molecule has 0 aromatic carbocycles. The third kappa shape index (κ3) is 3.82. The van der Waals surface area contributed by atoms with Crippen LogP contribution in [0.4, 0.5) is 0 Å². The van der Waals surface area contributed by atoms with Gasteiger partial charge in [0.05, 0.1) is 18.1 Å². The van der Waals surface area contributed by atoms with Gasteiger partial charge >= 0.3 is 0 Å². The molecule has 0 aliphatic carbocycles. The lowest BCUT2D eigenvalue weighted by Gasteiger charge is -2.21. The Bertz CT molecular complexity index is 426. The summed E-state index contributed by atoms with van der Waals surface area (Å²) in [6.07, 6.45) is 1.68. The minimum Gasteiger partial charge on any atom is -0.395 e. The summed E-state index contributed by atoms with van der Waals surface area (Å²) in [6.45, 7) is 2.83. The van der Waals surface area contributed by atoms with Crippen molar-refractivity contribution < 1.29 is 9.84 Å². The van der Waals surface area contributed by atoms with E-state index in [0.717, 1.165) is 31.1 Å². The first-order valence-electron chi connectivity index (χ1n) is 6.26. The summed E-state index contributed by atoms with van der Waals surface area (Å²) in [6, 6.07) is 4.75. The van der Waals surface area contributed by atoms with Gasteiger partial charge in [-0.3, -0.25) is 4.90 Å². The van der Waals surface area contributed by atoms with Gasteiger partial charge in [-0.25, -0.2) is 0 Å². The van der Waals surface area contributed by atoms with Gasteiger partial charge < -0.3 is 9.84 Å². The third-order valence-corrected chi connectivity index (χ3v) is 4.03. The van der Waals surface area contributed by atoms with E-state index in [2.05, 4.69) is 35.9 Å². The molecular formula is C14H19NO2S. The molecule has 1 unspecified atom stereocenters. The van der Waals surface area contributed by atoms with Gasteiger partial charge in [-0.1, -0.05) is 11.8 Å². The molecule has 4 heteroatoms. The summed E-state index contributed by atoms with van der Waals surface area (Å²) in [7, 11) is 2.15. The van der Waals surface area contributed by atoms with E-state index in [1.165, 1.54) is 4.88 Å². The molecule has 0 radical (unpaired) electrons. The first-order chi connectivity index (χ1) is 8.79. The molecule has 1 N–H and O–H groups in total. The lowest BCUT2D eigenvalue weighted by molar-refractivity contribution is 0.157. The van der Waals surface area contributed by atoms with Crippen molar-refractivity contribution in [2.24, 2.45) is 0 Å². The van der Waals surface area contributed by atoms with Crippen LogP contribution in [0.3, 0.4) is 0 Å². The zero-order valence-electron chi connectivity index (χ0n) is 10.7. The van der Waals surface area contributed by atoms with E-state index in [1.54, 1.807) is 11.3 Å². The number of aliphatic hydroxyl groups is 1. The number of nitrogens with zero attached hydrogens (tertiary/aromatic N) is 1. The molecule has 1 fully saturated rings. The van der Waals surface area contributed by atoms with Crippen LogP contribution in [0.15, 0.2) is 12.1 Å². The van der Waals surface area contributed by atoms with Crippen molar-refractivity contribution in [3.8, 4) is 11.8 Å². The molecule has 1 aromatic heterocycles. The van der Waals surface area contributed by atoms with Crippen molar-refractivity contribution >= 4 is 11.3 Å². The highest BCUT2D eigenvalue weighted by atomic mass is 32.1. The van der Waals surface area contributed by atoms with Crippen LogP contribution in [0, 0.1) is 11.8 Å². The highest BCUT2D eigenvalue weighted by molar-refractivity contribution is 7.12. The van der Waals surface area contributed by atoms with Crippen molar-refractivity contribution in [1.82, 2.24) is 4.90 Å². The average molecular weight is 265 g/mol. The van der Waals surface area contributed by atoms with Crippen molar-refractivity contribution in [2.45, 2.75) is 25.4 Å². The molecule has 0 bridgehead atoms. The molecule has 18 heavy (non-hydrogen) atoms. The van der Waals surface area contributed by atoms with Crippen LogP contribution in [-0.4, -0.2) is 42.9 Å². The number of likely N-dealkylation sites (N-methyl/N-ethyl adjacent to an activating group) is 1. The SMILES string of the molecule is CN(Cc1ccc(C#CCCO)s1)C1CCOC1. The molecule has 1 aliphatic heterocycles. The first-order valence-corrected chi connectivity index (χ1v) is 7.07. The van der Waals surface area contributed by atoms with E-state index >= 15 is 0 Å². The molecular weight excluding hydrogens is 246 g/mol. The van der Waals surface area contributed by atoms with Gasteiger partial charge in [0.25, 0.3) is 0 Å². The normalized spacial score (nSPS) is 18.9. The van der Waals surface area contributed by atoms with E-state index in [-0.39, 0.29) is 6.61 Å². The molecule has 0 amide bonds. The van der Waals surface area contributed by atoms with Crippen LogP contribution in [0.25, 0.3) is 0 Å². The number of thiophene rings is 1. The van der Waals surface area contributed by atoms with Crippen molar-refractivity contribution in [3.05, 3.63) is 21.9 Å². The monoisotopic (exact) mass is 265 g/mol. The van der Waals surface area contributed by atoms with Gasteiger partial charge in [0.1, 0.15) is 0 Å². The van der Waals surface area contributed by atoms with Gasteiger partial charge in [-0.05, 0) is 25.6 Å². The minimum atomic E-state index is 0.135. The molecule has 1 atom stereocenters. The molecule has 0 spiro atoms. The van der Waals surface area contributed by atoms with Crippen LogP contribution in [0.2, 0.25) is 0 Å². The van der Waals surface area contributed by atoms with Crippen LogP contribution < -0.4 is 0 Å². The maximum atomic E-state index is 8.67. The lowest BCUT2D eigenvalue weighted by Crippen LogP contribution is -2.30. The Morgan fingerprint density at radius 3 is 3.17 bits per heavy atom. The first kappa shape index (κ1) is 13.6. The Morgan fingerprint density at radius 2 is 2.44 bits per heavy atom. The maximum absolute atomic E-state index is 8.67. The molecule has 3 nitrogen and oxygen atoms in total. The summed E-state index contributed by atoms with van der Waals surface area (Å²) in [5.41, 5.74) is 0. The fraction of sp³-hybridized carbons (Fsp3) is 0.571. The fourth-order valence-electron chi connectivity index (χ4n) is 1.98. The fourth-order valence-corrected chi connectivity index (χ4v) is 2.93. The Kier molecular flexibility index (Phi) is 5.21. The number of hydrogen-bond donors (Lipinski definition) is 1. The zero-order chi connectivity index (χ0) is 12.8. The van der Waals surface area contributed by atoms with Crippen LogP contribution in [-0.2, 0) is 11.3 Å². The number of aliphatic hydroxyl groups excluding tert-OH is 1. The smallest absolute Gasteiger partial charge is 0.0771 e. The highest BCUT2D eigenvalue weighted by Crippen LogP contribution is 2.20. The second-order valence-electron chi connectivity index (χ2n) is 4.47. The second kappa shape index (κ2) is 6.91. The van der Waals surface area contributed by atoms with Gasteiger partial charge in [0.15, 0.2) is 0 Å². The molecule has 1 aliphatic rings. The van der Waals surface area contributed by atoms with Crippen molar-refractivity contribution in [1.29, 1.82) is 0 Å². The molecule has 2 rings (SSSR count). The highest BCUT2D eigenvalue weighted by Gasteiger charge is 2.20. The third-order valence-electron chi connectivity index (χ3n) is 3.04. The van der Waals surface area contributed by atoms with E-state index in [1.807, 2.05) is 0 Å². The maximum Gasteiger partial charge on any atom is 0.0771 e. The van der Waals surface area contributed by atoms with Gasteiger partial charge in [0, 0.05) is 30.5 Å². The summed E-state index contributed by atoms with van der Waals surface area (Å²) >= 11 is 1.73. The lowest BCUT2D eigenvalue weighted by atomic mass is 10.2. The van der Waals surface area contributed by atoms with Gasteiger partial charge in [-0.2, -0.15) is 0 Å². The molecule has 1 aromatic rings. The van der Waals surface area contributed by atoms with Gasteiger partial charge in [0.2, 0.25) is 0 Å².